The fourth-order valence-corrected chi connectivity index (χ4v) is 4.54. The number of hydrogen-bond acceptors (Lipinski definition) is 6. The highest BCUT2D eigenvalue weighted by molar-refractivity contribution is 7.98. The van der Waals surface area contributed by atoms with Crippen LogP contribution in [0.5, 0.6) is 5.75 Å². The van der Waals surface area contributed by atoms with Crippen LogP contribution in [0.2, 0.25) is 0 Å². The number of hydrogen-bond donors (Lipinski definition) is 2. The third-order valence-electron chi connectivity index (χ3n) is 5.18. The Hall–Kier alpha value is -3.59. The molecular weight excluding hydrogens is 428 g/mol. The van der Waals surface area contributed by atoms with E-state index in [4.69, 9.17) is 10.5 Å². The molecule has 0 spiro atoms. The minimum atomic E-state index is -0.567. The van der Waals surface area contributed by atoms with E-state index in [0.29, 0.717) is 28.0 Å². The predicted molar refractivity (Wildman–Crippen MR) is 122 cm³/mol. The van der Waals surface area contributed by atoms with E-state index in [1.807, 2.05) is 30.3 Å². The highest BCUT2D eigenvalue weighted by atomic mass is 32.2. The Morgan fingerprint density at radius 3 is 2.59 bits per heavy atom. The number of carbonyl (C=O) groups is 2. The van der Waals surface area contributed by atoms with Crippen LogP contribution in [0.1, 0.15) is 29.0 Å². The number of nitrogens with one attached hydrogen (secondary N) is 1. The minimum absolute atomic E-state index is 0.141. The molecule has 0 fully saturated rings. The van der Waals surface area contributed by atoms with Crippen molar-refractivity contribution in [1.29, 1.82) is 0 Å². The number of fused-ring (bicyclic) bond motifs is 1. The molecule has 3 N–H and O–H groups in total. The van der Waals surface area contributed by atoms with Crippen molar-refractivity contribution in [3.63, 3.8) is 0 Å². The molecule has 8 nitrogen and oxygen atoms in total. The first-order chi connectivity index (χ1) is 15.4. The second kappa shape index (κ2) is 9.27. The zero-order valence-corrected chi connectivity index (χ0v) is 18.2. The van der Waals surface area contributed by atoms with E-state index in [1.165, 1.54) is 11.8 Å². The number of amides is 2. The van der Waals surface area contributed by atoms with Gasteiger partial charge in [-0.1, -0.05) is 54.2 Å². The van der Waals surface area contributed by atoms with Crippen LogP contribution in [0.4, 0.5) is 5.82 Å². The number of nitrogens with two attached hydrogens (primary N) is 1. The molecule has 0 saturated heterocycles. The molecule has 1 aliphatic rings. The molecule has 1 aliphatic heterocycles. The molecule has 0 radical (unpaired) electrons. The van der Waals surface area contributed by atoms with E-state index in [2.05, 4.69) is 10.3 Å². The van der Waals surface area contributed by atoms with Crippen molar-refractivity contribution < 1.29 is 14.3 Å². The van der Waals surface area contributed by atoms with Crippen LogP contribution in [0.3, 0.4) is 0 Å². The van der Waals surface area contributed by atoms with Crippen LogP contribution < -0.4 is 21.3 Å². The topological polar surface area (TPSA) is 116 Å². The lowest BCUT2D eigenvalue weighted by atomic mass is 9.87. The molecule has 1 aromatic heterocycles. The molecule has 0 saturated carbocycles. The van der Waals surface area contributed by atoms with Crippen LogP contribution in [0.15, 0.2) is 64.5 Å². The normalized spacial score (nSPS) is 15.0. The molecule has 0 unspecified atom stereocenters. The van der Waals surface area contributed by atoms with Gasteiger partial charge in [-0.25, -0.2) is 0 Å². The van der Waals surface area contributed by atoms with Gasteiger partial charge in [-0.3, -0.25) is 14.4 Å². The molecule has 3 aromatic rings. The number of anilines is 1. The Morgan fingerprint density at radius 2 is 1.91 bits per heavy atom. The molecule has 0 aliphatic carbocycles. The summed E-state index contributed by atoms with van der Waals surface area (Å²) in [5.41, 5.74) is 7.11. The van der Waals surface area contributed by atoms with E-state index >= 15 is 0 Å². The molecule has 0 bridgehead atoms. The number of ether oxygens (including phenoxy) is 1. The highest BCUT2D eigenvalue weighted by Crippen LogP contribution is 2.36. The lowest BCUT2D eigenvalue weighted by Crippen LogP contribution is -2.33. The molecule has 2 heterocycles. The third-order valence-corrected chi connectivity index (χ3v) is 6.28. The van der Waals surface area contributed by atoms with Gasteiger partial charge >= 0.3 is 0 Å². The van der Waals surface area contributed by atoms with E-state index in [9.17, 15) is 14.4 Å². The number of benzene rings is 2. The summed E-state index contributed by atoms with van der Waals surface area (Å²) in [6.07, 6.45) is 0.141. The van der Waals surface area contributed by atoms with E-state index in [-0.39, 0.29) is 24.5 Å². The lowest BCUT2D eigenvalue weighted by molar-refractivity contribution is -0.120. The molecular formula is C23H22N4O4S. The van der Waals surface area contributed by atoms with Crippen LogP contribution in [-0.4, -0.2) is 28.0 Å². The first kappa shape index (κ1) is 21.6. The van der Waals surface area contributed by atoms with Gasteiger partial charge in [0.15, 0.2) is 11.8 Å². The number of rotatable bonds is 7. The Balaban J connectivity index is 1.63. The van der Waals surface area contributed by atoms with Gasteiger partial charge < -0.3 is 20.4 Å². The Kier molecular flexibility index (Phi) is 6.27. The number of thioether (sulfide) groups is 1. The standard InChI is InChI=1S/C23H22N4O4S/c1-27-21-20(22(30)26-23(27)32-13-14-5-3-2-4-6-14)17(11-19(29)25-21)15-7-9-16(10-8-15)31-12-18(24)28/h2-10,17H,11-13H2,1H3,(H2,24,28)(H,25,29)/t17-/m0/s1. The first-order valence-electron chi connectivity index (χ1n) is 10.0. The summed E-state index contributed by atoms with van der Waals surface area (Å²) < 4.78 is 7.05. The van der Waals surface area contributed by atoms with Gasteiger partial charge in [0.25, 0.3) is 11.5 Å². The monoisotopic (exact) mass is 450 g/mol. The summed E-state index contributed by atoms with van der Waals surface area (Å²) in [6, 6.07) is 16.8. The van der Waals surface area contributed by atoms with E-state index in [0.717, 1.165) is 11.1 Å². The van der Waals surface area contributed by atoms with Gasteiger partial charge in [0, 0.05) is 25.1 Å². The van der Waals surface area contributed by atoms with E-state index < -0.39 is 11.8 Å². The largest absolute Gasteiger partial charge is 0.484 e. The van der Waals surface area contributed by atoms with Gasteiger partial charge in [-0.05, 0) is 23.3 Å². The van der Waals surface area contributed by atoms with Crippen LogP contribution in [0.25, 0.3) is 0 Å². The fraction of sp³-hybridized carbons (Fsp3) is 0.217. The second-order valence-electron chi connectivity index (χ2n) is 7.42. The van der Waals surface area contributed by atoms with Gasteiger partial charge in [-0.15, -0.1) is 0 Å². The Bertz CT molecular complexity index is 1210. The second-order valence-corrected chi connectivity index (χ2v) is 8.37. The summed E-state index contributed by atoms with van der Waals surface area (Å²) in [6.45, 7) is -0.220. The number of nitrogens with zero attached hydrogens (tertiary/aromatic N) is 2. The molecule has 32 heavy (non-hydrogen) atoms. The smallest absolute Gasteiger partial charge is 0.279 e. The van der Waals surface area contributed by atoms with Crippen molar-refractivity contribution in [3.8, 4) is 5.75 Å². The van der Waals surface area contributed by atoms with Crippen molar-refractivity contribution in [3.05, 3.63) is 81.6 Å². The van der Waals surface area contributed by atoms with Gasteiger partial charge in [0.2, 0.25) is 5.91 Å². The molecule has 2 amide bonds. The van der Waals surface area contributed by atoms with Crippen LogP contribution in [0, 0.1) is 0 Å². The first-order valence-corrected chi connectivity index (χ1v) is 11.0. The number of aromatic nitrogens is 2. The zero-order valence-electron chi connectivity index (χ0n) is 17.4. The van der Waals surface area contributed by atoms with Gasteiger partial charge in [0.1, 0.15) is 11.6 Å². The predicted octanol–water partition coefficient (Wildman–Crippen LogP) is 2.41. The van der Waals surface area contributed by atoms with Gasteiger partial charge in [-0.2, -0.15) is 4.98 Å². The quantitative estimate of drug-likeness (QED) is 0.422. The van der Waals surface area contributed by atoms with Crippen molar-refractivity contribution in [2.45, 2.75) is 23.2 Å². The summed E-state index contributed by atoms with van der Waals surface area (Å²) in [7, 11) is 1.79. The fourth-order valence-electron chi connectivity index (χ4n) is 3.62. The van der Waals surface area contributed by atoms with Crippen molar-refractivity contribution in [1.82, 2.24) is 9.55 Å². The molecule has 4 rings (SSSR count). The average Bonchev–Trinajstić information content (AvgIpc) is 2.79. The summed E-state index contributed by atoms with van der Waals surface area (Å²) in [5, 5.41) is 3.38. The van der Waals surface area contributed by atoms with Crippen LogP contribution in [-0.2, 0) is 22.4 Å². The van der Waals surface area contributed by atoms with Crippen molar-refractivity contribution >= 4 is 29.4 Å². The van der Waals surface area contributed by atoms with Crippen molar-refractivity contribution in [2.24, 2.45) is 12.8 Å². The van der Waals surface area contributed by atoms with E-state index in [1.54, 1.807) is 35.9 Å². The SMILES string of the molecule is Cn1c(SCc2ccccc2)nc(=O)c2c1NC(=O)C[C@H]2c1ccc(OCC(N)=O)cc1. The Labute approximate surface area is 188 Å². The summed E-state index contributed by atoms with van der Waals surface area (Å²) in [4.78, 5) is 40.7. The molecule has 164 valence electrons. The summed E-state index contributed by atoms with van der Waals surface area (Å²) >= 11 is 1.44. The molecule has 1 atom stereocenters. The highest BCUT2D eigenvalue weighted by Gasteiger charge is 2.32. The van der Waals surface area contributed by atoms with Crippen molar-refractivity contribution in [2.75, 3.05) is 11.9 Å². The zero-order chi connectivity index (χ0) is 22.7. The summed E-state index contributed by atoms with van der Waals surface area (Å²) in [5.74, 6) is 0.439. The Morgan fingerprint density at radius 1 is 1.19 bits per heavy atom. The molecule has 9 heteroatoms. The third kappa shape index (κ3) is 4.67. The number of primary amides is 1. The minimum Gasteiger partial charge on any atom is -0.484 e. The molecule has 2 aromatic carbocycles. The average molecular weight is 451 g/mol. The number of carbonyl (C=O) groups excluding carboxylic acids is 2. The van der Waals surface area contributed by atoms with Crippen LogP contribution >= 0.6 is 11.8 Å². The van der Waals surface area contributed by atoms with Gasteiger partial charge in [0.05, 0.1) is 5.56 Å². The maximum atomic E-state index is 13.0. The maximum Gasteiger partial charge on any atom is 0.279 e. The maximum absolute atomic E-state index is 13.0. The lowest BCUT2D eigenvalue weighted by Gasteiger charge is -2.27.